The van der Waals surface area contributed by atoms with Crippen LogP contribution in [0, 0.1) is 17.8 Å². The first kappa shape index (κ1) is 16.2. The van der Waals surface area contributed by atoms with E-state index in [2.05, 4.69) is 54.6 Å². The van der Waals surface area contributed by atoms with Gasteiger partial charge in [0.05, 0.1) is 0 Å². The third-order valence-electron chi connectivity index (χ3n) is 5.05. The van der Waals surface area contributed by atoms with E-state index in [9.17, 15) is 0 Å². The molecule has 0 saturated heterocycles. The lowest BCUT2D eigenvalue weighted by molar-refractivity contribution is 0.0651. The van der Waals surface area contributed by atoms with E-state index in [1.807, 2.05) is 0 Å². The van der Waals surface area contributed by atoms with Gasteiger partial charge >= 0.3 is 0 Å². The minimum Gasteiger partial charge on any atom is -0.414 e. The Morgan fingerprint density at radius 3 is 2.11 bits per heavy atom. The number of hydrogen-bond acceptors (Lipinski definition) is 1. The number of rotatable bonds is 3. The third-order valence-corrected chi connectivity index (χ3v) is 9.55. The number of hydrogen-bond donors (Lipinski definition) is 0. The Balaban J connectivity index is 2.78. The molecular weight excluding hydrogens is 236 g/mol. The highest BCUT2D eigenvalue weighted by Gasteiger charge is 2.42. The zero-order chi connectivity index (χ0) is 14.1. The molecule has 1 aliphatic carbocycles. The Morgan fingerprint density at radius 1 is 1.11 bits per heavy atom. The molecule has 3 atom stereocenters. The first-order chi connectivity index (χ1) is 8.04. The van der Waals surface area contributed by atoms with Crippen LogP contribution in [0.3, 0.4) is 0 Å². The fraction of sp³-hybridized carbons (Fsp3) is 0.938. The highest BCUT2D eigenvalue weighted by molar-refractivity contribution is 6.74. The minimum absolute atomic E-state index is 0.319. The summed E-state index contributed by atoms with van der Waals surface area (Å²) in [4.78, 5) is 0. The highest BCUT2D eigenvalue weighted by atomic mass is 28.4. The van der Waals surface area contributed by atoms with Crippen LogP contribution in [0.4, 0.5) is 0 Å². The van der Waals surface area contributed by atoms with Crippen molar-refractivity contribution in [2.45, 2.75) is 85.0 Å². The van der Waals surface area contributed by atoms with Crippen LogP contribution in [0.25, 0.3) is 0 Å². The summed E-state index contributed by atoms with van der Waals surface area (Å²) in [5, 5.41) is 0.319. The molecule has 107 valence electrons. The molecule has 1 radical (unpaired) electrons. The summed E-state index contributed by atoms with van der Waals surface area (Å²) in [5.41, 5.74) is 0. The van der Waals surface area contributed by atoms with Crippen molar-refractivity contribution in [1.29, 1.82) is 0 Å². The molecule has 0 aromatic heterocycles. The van der Waals surface area contributed by atoms with E-state index in [1.165, 1.54) is 19.3 Å². The van der Waals surface area contributed by atoms with Gasteiger partial charge in [-0.15, -0.1) is 0 Å². The molecule has 2 heteroatoms. The zero-order valence-corrected chi connectivity index (χ0v) is 14.8. The molecule has 1 fully saturated rings. The standard InChI is InChI=1S/C16H33OSi/c1-12(2)14-10-9-13(3)11-15(14)17-18(7,8)16(4,5)6/h13-15H,9-11H2,1-8H3. The quantitative estimate of drug-likeness (QED) is 0.621. The van der Waals surface area contributed by atoms with Gasteiger partial charge in [-0.1, -0.05) is 48.0 Å². The Labute approximate surface area is 116 Å². The lowest BCUT2D eigenvalue weighted by Crippen LogP contribution is -2.47. The van der Waals surface area contributed by atoms with Crippen molar-refractivity contribution < 1.29 is 4.43 Å². The van der Waals surface area contributed by atoms with Crippen molar-refractivity contribution in [3.8, 4) is 0 Å². The minimum atomic E-state index is -1.62. The molecule has 3 unspecified atom stereocenters. The van der Waals surface area contributed by atoms with Gasteiger partial charge in [0.15, 0.2) is 8.32 Å². The van der Waals surface area contributed by atoms with E-state index in [0.29, 0.717) is 17.1 Å². The smallest absolute Gasteiger partial charge is 0.192 e. The van der Waals surface area contributed by atoms with E-state index in [1.54, 1.807) is 5.92 Å². The first-order valence-electron chi connectivity index (χ1n) is 7.52. The largest absolute Gasteiger partial charge is 0.414 e. The van der Waals surface area contributed by atoms with Crippen molar-refractivity contribution in [2.75, 3.05) is 0 Å². The molecule has 0 bridgehead atoms. The van der Waals surface area contributed by atoms with Crippen molar-refractivity contribution in [1.82, 2.24) is 0 Å². The molecule has 0 spiro atoms. The first-order valence-corrected chi connectivity index (χ1v) is 10.4. The predicted molar refractivity (Wildman–Crippen MR) is 83.2 cm³/mol. The maximum absolute atomic E-state index is 6.71. The molecule has 0 aromatic carbocycles. The van der Waals surface area contributed by atoms with E-state index in [0.717, 1.165) is 5.92 Å². The van der Waals surface area contributed by atoms with E-state index >= 15 is 0 Å². The topological polar surface area (TPSA) is 9.23 Å². The summed E-state index contributed by atoms with van der Waals surface area (Å²) in [6.07, 6.45) is 4.41. The fourth-order valence-electron chi connectivity index (χ4n) is 2.67. The van der Waals surface area contributed by atoms with E-state index in [-0.39, 0.29) is 0 Å². The molecule has 0 aliphatic heterocycles. The molecule has 1 rings (SSSR count). The summed E-state index contributed by atoms with van der Waals surface area (Å²) in [6.45, 7) is 18.7. The van der Waals surface area contributed by atoms with Gasteiger partial charge in [0, 0.05) is 6.10 Å². The maximum atomic E-state index is 6.71. The van der Waals surface area contributed by atoms with Gasteiger partial charge in [-0.2, -0.15) is 0 Å². The summed E-state index contributed by atoms with van der Waals surface area (Å²) in [5.74, 6) is 3.08. The van der Waals surface area contributed by atoms with Gasteiger partial charge in [0.1, 0.15) is 0 Å². The van der Waals surface area contributed by atoms with Gasteiger partial charge in [-0.25, -0.2) is 0 Å². The predicted octanol–water partition coefficient (Wildman–Crippen LogP) is 5.43. The van der Waals surface area contributed by atoms with Gasteiger partial charge in [-0.05, 0) is 48.7 Å². The molecular formula is C16H33OSi. The van der Waals surface area contributed by atoms with E-state index < -0.39 is 8.32 Å². The van der Waals surface area contributed by atoms with Crippen LogP contribution in [0.1, 0.15) is 60.8 Å². The average Bonchev–Trinajstić information content (AvgIpc) is 2.14. The summed E-state index contributed by atoms with van der Waals surface area (Å²) in [7, 11) is -1.62. The molecule has 0 aromatic rings. The van der Waals surface area contributed by atoms with Crippen LogP contribution >= 0.6 is 0 Å². The Kier molecular flexibility index (Phi) is 5.11. The SMILES string of the molecule is C[C](C)C1CCC(C)CC1O[Si](C)(C)C(C)(C)C. The van der Waals surface area contributed by atoms with Crippen LogP contribution in [0.5, 0.6) is 0 Å². The van der Waals surface area contributed by atoms with Gasteiger partial charge in [-0.3, -0.25) is 0 Å². The van der Waals surface area contributed by atoms with Crippen molar-refractivity contribution in [3.05, 3.63) is 5.92 Å². The Morgan fingerprint density at radius 2 is 1.67 bits per heavy atom. The van der Waals surface area contributed by atoms with Crippen LogP contribution < -0.4 is 0 Å². The molecule has 0 N–H and O–H groups in total. The summed E-state index contributed by atoms with van der Waals surface area (Å²) in [6, 6.07) is 0. The second-order valence-corrected chi connectivity index (χ2v) is 12.8. The molecule has 1 saturated carbocycles. The molecule has 0 amide bonds. The Bertz CT molecular complexity index is 265. The Hall–Kier alpha value is 0.177. The van der Waals surface area contributed by atoms with Crippen LogP contribution in [0.15, 0.2) is 0 Å². The van der Waals surface area contributed by atoms with Crippen LogP contribution in [-0.4, -0.2) is 14.4 Å². The molecule has 1 aliphatic rings. The second kappa shape index (κ2) is 5.66. The highest BCUT2D eigenvalue weighted by Crippen LogP contribution is 2.43. The maximum Gasteiger partial charge on any atom is 0.192 e. The summed E-state index contributed by atoms with van der Waals surface area (Å²) < 4.78 is 6.71. The van der Waals surface area contributed by atoms with Crippen molar-refractivity contribution >= 4 is 8.32 Å². The van der Waals surface area contributed by atoms with Crippen LogP contribution in [0.2, 0.25) is 18.1 Å². The van der Waals surface area contributed by atoms with E-state index in [4.69, 9.17) is 4.43 Å². The molecule has 1 nitrogen and oxygen atoms in total. The normalized spacial score (nSPS) is 30.8. The second-order valence-electron chi connectivity index (χ2n) is 8.02. The molecule has 0 heterocycles. The fourth-order valence-corrected chi connectivity index (χ4v) is 4.05. The van der Waals surface area contributed by atoms with Gasteiger partial charge in [0.2, 0.25) is 0 Å². The van der Waals surface area contributed by atoms with Gasteiger partial charge in [0.25, 0.3) is 0 Å². The van der Waals surface area contributed by atoms with Crippen molar-refractivity contribution in [3.63, 3.8) is 0 Å². The summed E-state index contributed by atoms with van der Waals surface area (Å²) >= 11 is 0. The third kappa shape index (κ3) is 3.83. The van der Waals surface area contributed by atoms with Crippen LogP contribution in [-0.2, 0) is 4.43 Å². The molecule has 18 heavy (non-hydrogen) atoms. The van der Waals surface area contributed by atoms with Gasteiger partial charge < -0.3 is 4.43 Å². The lowest BCUT2D eigenvalue weighted by Gasteiger charge is -2.45. The average molecular weight is 270 g/mol. The monoisotopic (exact) mass is 269 g/mol. The zero-order valence-electron chi connectivity index (χ0n) is 13.8. The van der Waals surface area contributed by atoms with Crippen molar-refractivity contribution in [2.24, 2.45) is 11.8 Å². The lowest BCUT2D eigenvalue weighted by atomic mass is 9.75.